The lowest BCUT2D eigenvalue weighted by molar-refractivity contribution is -0.112. The van der Waals surface area contributed by atoms with E-state index in [2.05, 4.69) is 33.0 Å². The molecular weight excluding hydrogens is 274 g/mol. The lowest BCUT2D eigenvalue weighted by atomic mass is 9.99. The highest BCUT2D eigenvalue weighted by atomic mass is 79.9. The van der Waals surface area contributed by atoms with Crippen LogP contribution in [0.5, 0.6) is 0 Å². The number of hydrogen-bond donors (Lipinski definition) is 0. The van der Waals surface area contributed by atoms with Gasteiger partial charge in [-0.05, 0) is 54.0 Å². The third-order valence-corrected chi connectivity index (χ3v) is 4.44. The molecule has 0 bridgehead atoms. The fourth-order valence-electron chi connectivity index (χ4n) is 1.90. The fraction of sp³-hybridized carbons (Fsp3) is 0.545. The number of carbonyl (C=O) groups is 1. The minimum absolute atomic E-state index is 0.302. The van der Waals surface area contributed by atoms with Gasteiger partial charge in [-0.1, -0.05) is 0 Å². The van der Waals surface area contributed by atoms with Gasteiger partial charge in [0.1, 0.15) is 6.29 Å². The largest absolute Gasteiger partial charge is 0.303 e. The Hall–Kier alpha value is -0.190. The Balaban J connectivity index is 1.84. The van der Waals surface area contributed by atoms with Crippen molar-refractivity contribution in [2.24, 2.45) is 5.92 Å². The van der Waals surface area contributed by atoms with E-state index in [9.17, 15) is 4.79 Å². The van der Waals surface area contributed by atoms with Gasteiger partial charge in [0, 0.05) is 17.3 Å². The van der Waals surface area contributed by atoms with Crippen molar-refractivity contribution in [1.82, 2.24) is 4.90 Å². The molecular formula is C11H14BrNOS. The number of aldehydes is 1. The van der Waals surface area contributed by atoms with Gasteiger partial charge < -0.3 is 4.79 Å². The molecule has 2 rings (SSSR count). The Morgan fingerprint density at radius 3 is 2.73 bits per heavy atom. The van der Waals surface area contributed by atoms with E-state index >= 15 is 0 Å². The predicted octanol–water partition coefficient (Wildman–Crippen LogP) is 2.92. The van der Waals surface area contributed by atoms with Crippen LogP contribution in [0.1, 0.15) is 17.7 Å². The molecule has 0 amide bonds. The number of halogens is 1. The maximum absolute atomic E-state index is 10.6. The third-order valence-electron chi connectivity index (χ3n) is 2.83. The van der Waals surface area contributed by atoms with Crippen LogP contribution < -0.4 is 0 Å². The molecule has 1 aromatic heterocycles. The summed E-state index contributed by atoms with van der Waals surface area (Å²) in [6.07, 6.45) is 3.16. The lowest BCUT2D eigenvalue weighted by Crippen LogP contribution is -2.33. The first kappa shape index (κ1) is 11.3. The fourth-order valence-corrected chi connectivity index (χ4v) is 3.43. The number of carbonyl (C=O) groups excluding carboxylic acids is 1. The van der Waals surface area contributed by atoms with E-state index in [1.165, 1.54) is 8.66 Å². The molecule has 82 valence electrons. The lowest BCUT2D eigenvalue weighted by Gasteiger charge is -2.28. The van der Waals surface area contributed by atoms with Gasteiger partial charge in [-0.25, -0.2) is 0 Å². The predicted molar refractivity (Wildman–Crippen MR) is 66.1 cm³/mol. The van der Waals surface area contributed by atoms with Crippen molar-refractivity contribution >= 4 is 33.6 Å². The van der Waals surface area contributed by atoms with Crippen LogP contribution in [0.15, 0.2) is 15.9 Å². The van der Waals surface area contributed by atoms with Crippen molar-refractivity contribution in [3.63, 3.8) is 0 Å². The van der Waals surface area contributed by atoms with Crippen molar-refractivity contribution < 1.29 is 4.79 Å². The van der Waals surface area contributed by atoms with Gasteiger partial charge in [-0.2, -0.15) is 0 Å². The summed E-state index contributed by atoms with van der Waals surface area (Å²) in [6, 6.07) is 4.26. The molecule has 4 heteroatoms. The molecule has 2 nitrogen and oxygen atoms in total. The maximum Gasteiger partial charge on any atom is 0.123 e. The molecule has 0 N–H and O–H groups in total. The van der Waals surface area contributed by atoms with Crippen LogP contribution in [0, 0.1) is 5.92 Å². The number of hydrogen-bond acceptors (Lipinski definition) is 3. The SMILES string of the molecule is O=CC1CCN(Cc2ccc(Br)s2)CC1. The van der Waals surface area contributed by atoms with Gasteiger partial charge in [0.05, 0.1) is 3.79 Å². The maximum atomic E-state index is 10.6. The minimum Gasteiger partial charge on any atom is -0.303 e. The second-order valence-electron chi connectivity index (χ2n) is 3.96. The highest BCUT2D eigenvalue weighted by Crippen LogP contribution is 2.25. The zero-order chi connectivity index (χ0) is 10.7. The average molecular weight is 288 g/mol. The van der Waals surface area contributed by atoms with E-state index in [1.54, 1.807) is 11.3 Å². The van der Waals surface area contributed by atoms with E-state index in [0.717, 1.165) is 38.8 Å². The molecule has 1 saturated heterocycles. The molecule has 2 heterocycles. The average Bonchev–Trinajstić information content (AvgIpc) is 2.65. The van der Waals surface area contributed by atoms with E-state index < -0.39 is 0 Å². The van der Waals surface area contributed by atoms with Gasteiger partial charge >= 0.3 is 0 Å². The van der Waals surface area contributed by atoms with Gasteiger partial charge in [-0.15, -0.1) is 11.3 Å². The summed E-state index contributed by atoms with van der Waals surface area (Å²) in [7, 11) is 0. The van der Waals surface area contributed by atoms with Crippen molar-refractivity contribution in [2.45, 2.75) is 19.4 Å². The van der Waals surface area contributed by atoms with Crippen LogP contribution in [0.25, 0.3) is 0 Å². The number of thiophene rings is 1. The van der Waals surface area contributed by atoms with Gasteiger partial charge in [0.2, 0.25) is 0 Å². The third kappa shape index (κ3) is 3.13. The van der Waals surface area contributed by atoms with Crippen molar-refractivity contribution in [3.8, 4) is 0 Å². The summed E-state index contributed by atoms with van der Waals surface area (Å²) < 4.78 is 1.19. The van der Waals surface area contributed by atoms with Gasteiger partial charge in [0.15, 0.2) is 0 Å². The van der Waals surface area contributed by atoms with Crippen LogP contribution >= 0.6 is 27.3 Å². The molecule has 0 unspecified atom stereocenters. The first-order valence-corrected chi connectivity index (χ1v) is 6.81. The molecule has 0 saturated carbocycles. The summed E-state index contributed by atoms with van der Waals surface area (Å²) in [4.78, 5) is 14.4. The second kappa shape index (κ2) is 5.23. The van der Waals surface area contributed by atoms with Crippen molar-refractivity contribution in [2.75, 3.05) is 13.1 Å². The Morgan fingerprint density at radius 2 is 2.20 bits per heavy atom. The van der Waals surface area contributed by atoms with Crippen molar-refractivity contribution in [3.05, 3.63) is 20.8 Å². The van der Waals surface area contributed by atoms with E-state index in [0.29, 0.717) is 5.92 Å². The van der Waals surface area contributed by atoms with Gasteiger partial charge in [0.25, 0.3) is 0 Å². The number of piperidine rings is 1. The molecule has 1 fully saturated rings. The Morgan fingerprint density at radius 1 is 1.47 bits per heavy atom. The smallest absolute Gasteiger partial charge is 0.123 e. The molecule has 0 aromatic carbocycles. The molecule has 1 aliphatic heterocycles. The molecule has 1 aliphatic rings. The normalized spacial score (nSPS) is 19.3. The van der Waals surface area contributed by atoms with E-state index in [1.807, 2.05) is 0 Å². The molecule has 0 radical (unpaired) electrons. The van der Waals surface area contributed by atoms with Crippen LogP contribution in [-0.2, 0) is 11.3 Å². The monoisotopic (exact) mass is 287 g/mol. The number of rotatable bonds is 3. The Kier molecular flexibility index (Phi) is 3.94. The minimum atomic E-state index is 0.302. The summed E-state index contributed by atoms with van der Waals surface area (Å²) in [5.41, 5.74) is 0. The molecule has 15 heavy (non-hydrogen) atoms. The van der Waals surface area contributed by atoms with Gasteiger partial charge in [-0.3, -0.25) is 4.90 Å². The zero-order valence-corrected chi connectivity index (χ0v) is 10.9. The molecule has 0 aliphatic carbocycles. The standard InChI is InChI=1S/C11H14BrNOS/c12-11-2-1-10(15-11)7-13-5-3-9(8-14)4-6-13/h1-2,8-9H,3-7H2. The first-order valence-electron chi connectivity index (χ1n) is 5.20. The van der Waals surface area contributed by atoms with Crippen LogP contribution in [0.2, 0.25) is 0 Å². The first-order chi connectivity index (χ1) is 7.28. The Labute approximate surface area is 102 Å². The summed E-state index contributed by atoms with van der Waals surface area (Å²) >= 11 is 5.26. The van der Waals surface area contributed by atoms with E-state index in [4.69, 9.17) is 0 Å². The van der Waals surface area contributed by atoms with E-state index in [-0.39, 0.29) is 0 Å². The molecule has 1 aromatic rings. The molecule has 0 atom stereocenters. The summed E-state index contributed by atoms with van der Waals surface area (Å²) in [5, 5.41) is 0. The number of likely N-dealkylation sites (tertiary alicyclic amines) is 1. The Bertz CT molecular complexity index is 331. The summed E-state index contributed by atoms with van der Waals surface area (Å²) in [6.45, 7) is 3.14. The van der Waals surface area contributed by atoms with Crippen molar-refractivity contribution in [1.29, 1.82) is 0 Å². The quantitative estimate of drug-likeness (QED) is 0.797. The summed E-state index contributed by atoms with van der Waals surface area (Å²) in [5.74, 6) is 0.302. The topological polar surface area (TPSA) is 20.3 Å². The highest BCUT2D eigenvalue weighted by Gasteiger charge is 2.18. The van der Waals surface area contributed by atoms with Crippen LogP contribution in [0.4, 0.5) is 0 Å². The highest BCUT2D eigenvalue weighted by molar-refractivity contribution is 9.11. The second-order valence-corrected chi connectivity index (χ2v) is 6.50. The zero-order valence-electron chi connectivity index (χ0n) is 8.49. The number of nitrogens with zero attached hydrogens (tertiary/aromatic N) is 1. The van der Waals surface area contributed by atoms with Crippen LogP contribution in [0.3, 0.4) is 0 Å². The van der Waals surface area contributed by atoms with Crippen LogP contribution in [-0.4, -0.2) is 24.3 Å². The molecule has 0 spiro atoms.